The van der Waals surface area contributed by atoms with E-state index in [0.717, 1.165) is 10.0 Å². The second-order valence-corrected chi connectivity index (χ2v) is 4.83. The molecule has 1 unspecified atom stereocenters. The number of amides is 1. The van der Waals surface area contributed by atoms with Crippen LogP contribution >= 0.6 is 27.5 Å². The van der Waals surface area contributed by atoms with Crippen molar-refractivity contribution in [1.29, 1.82) is 0 Å². The third-order valence-electron chi connectivity index (χ3n) is 2.23. The van der Waals surface area contributed by atoms with Gasteiger partial charge in [0.25, 0.3) is 0 Å². The summed E-state index contributed by atoms with van der Waals surface area (Å²) in [4.78, 5) is 10.4. The lowest BCUT2D eigenvalue weighted by molar-refractivity contribution is 0.156. The van der Waals surface area contributed by atoms with E-state index in [0.29, 0.717) is 11.6 Å². The number of primary amides is 1. The maximum atomic E-state index is 10.4. The van der Waals surface area contributed by atoms with Crippen molar-refractivity contribution in [1.82, 2.24) is 5.32 Å². The van der Waals surface area contributed by atoms with Crippen LogP contribution in [0.2, 0.25) is 5.02 Å². The Labute approximate surface area is 114 Å². The first-order valence-corrected chi connectivity index (χ1v) is 6.28. The molecule has 0 fully saturated rings. The predicted octanol–water partition coefficient (Wildman–Crippen LogP) is 2.85. The van der Waals surface area contributed by atoms with E-state index in [4.69, 9.17) is 17.3 Å². The number of hydrogen-bond donors (Lipinski definition) is 2. The van der Waals surface area contributed by atoms with Crippen molar-refractivity contribution in [2.45, 2.75) is 13.0 Å². The molecule has 0 aliphatic rings. The number of benzene rings is 1. The van der Waals surface area contributed by atoms with Gasteiger partial charge in [-0.3, -0.25) is 0 Å². The first kappa shape index (κ1) is 14.3. The van der Waals surface area contributed by atoms with Crippen LogP contribution in [-0.2, 0) is 4.74 Å². The average Bonchev–Trinajstić information content (AvgIpc) is 2.23. The molecule has 1 atom stereocenters. The molecule has 0 aliphatic carbocycles. The molecule has 0 bridgehead atoms. The normalized spacial score (nSPS) is 12.2. The zero-order valence-electron chi connectivity index (χ0n) is 9.37. The second-order valence-electron chi connectivity index (χ2n) is 3.51. The molecule has 1 rings (SSSR count). The molecule has 0 saturated heterocycles. The van der Waals surface area contributed by atoms with Crippen molar-refractivity contribution in [2.75, 3.05) is 13.2 Å². The van der Waals surface area contributed by atoms with Crippen LogP contribution < -0.4 is 11.1 Å². The molecule has 1 aromatic carbocycles. The quantitative estimate of drug-likeness (QED) is 0.820. The summed E-state index contributed by atoms with van der Waals surface area (Å²) in [6.45, 7) is 2.75. The van der Waals surface area contributed by atoms with Gasteiger partial charge in [0, 0.05) is 22.1 Å². The largest absolute Gasteiger partial charge is 0.448 e. The number of nitrogens with two attached hydrogens (primary N) is 1. The topological polar surface area (TPSA) is 64.3 Å². The van der Waals surface area contributed by atoms with Gasteiger partial charge in [0.2, 0.25) is 0 Å². The van der Waals surface area contributed by atoms with Crippen molar-refractivity contribution in [2.24, 2.45) is 5.73 Å². The molecule has 0 aliphatic heterocycles. The Bertz CT molecular complexity index is 401. The zero-order chi connectivity index (χ0) is 12.8. The van der Waals surface area contributed by atoms with E-state index in [9.17, 15) is 4.79 Å². The zero-order valence-corrected chi connectivity index (χ0v) is 11.7. The summed E-state index contributed by atoms with van der Waals surface area (Å²) in [5.41, 5.74) is 5.84. The van der Waals surface area contributed by atoms with Gasteiger partial charge >= 0.3 is 6.09 Å². The highest BCUT2D eigenvalue weighted by Gasteiger charge is 2.09. The van der Waals surface area contributed by atoms with Gasteiger partial charge in [-0.05, 0) is 24.6 Å². The number of hydrogen-bond acceptors (Lipinski definition) is 3. The van der Waals surface area contributed by atoms with Crippen LogP contribution in [0, 0.1) is 0 Å². The van der Waals surface area contributed by atoms with E-state index in [1.54, 1.807) is 0 Å². The molecule has 0 spiro atoms. The lowest BCUT2D eigenvalue weighted by atomic mass is 10.1. The Morgan fingerprint density at radius 3 is 2.94 bits per heavy atom. The first-order chi connectivity index (χ1) is 8.00. The highest BCUT2D eigenvalue weighted by molar-refractivity contribution is 9.10. The molecule has 4 nitrogen and oxygen atoms in total. The number of nitrogens with one attached hydrogen (secondary N) is 1. The minimum atomic E-state index is -0.763. The Morgan fingerprint density at radius 2 is 2.35 bits per heavy atom. The van der Waals surface area contributed by atoms with Gasteiger partial charge in [0.15, 0.2) is 0 Å². The molecular formula is C11H14BrClN2O2. The van der Waals surface area contributed by atoms with Gasteiger partial charge in [-0.1, -0.05) is 33.6 Å². The summed E-state index contributed by atoms with van der Waals surface area (Å²) >= 11 is 9.46. The van der Waals surface area contributed by atoms with Crippen molar-refractivity contribution in [3.05, 3.63) is 33.3 Å². The number of carbonyl (C=O) groups is 1. The van der Waals surface area contributed by atoms with E-state index in [2.05, 4.69) is 26.0 Å². The molecule has 1 amide bonds. The van der Waals surface area contributed by atoms with E-state index < -0.39 is 6.09 Å². The van der Waals surface area contributed by atoms with Gasteiger partial charge < -0.3 is 15.8 Å². The van der Waals surface area contributed by atoms with Crippen LogP contribution in [0.4, 0.5) is 4.79 Å². The third-order valence-corrected chi connectivity index (χ3v) is 3.05. The predicted molar refractivity (Wildman–Crippen MR) is 71.1 cm³/mol. The average molecular weight is 322 g/mol. The molecule has 0 heterocycles. The summed E-state index contributed by atoms with van der Waals surface area (Å²) in [5, 5.41) is 3.87. The Kier molecular flexibility index (Phi) is 5.74. The second kappa shape index (κ2) is 6.83. The Hall–Kier alpha value is -0.780. The molecule has 6 heteroatoms. The smallest absolute Gasteiger partial charge is 0.404 e. The van der Waals surface area contributed by atoms with Crippen molar-refractivity contribution in [3.8, 4) is 0 Å². The highest BCUT2D eigenvalue weighted by Crippen LogP contribution is 2.26. The lowest BCUT2D eigenvalue weighted by Gasteiger charge is -2.15. The molecule has 0 aromatic heterocycles. The maximum Gasteiger partial charge on any atom is 0.404 e. The van der Waals surface area contributed by atoms with Gasteiger partial charge in [0.05, 0.1) is 0 Å². The van der Waals surface area contributed by atoms with E-state index in [-0.39, 0.29) is 12.6 Å². The Balaban J connectivity index is 2.46. The van der Waals surface area contributed by atoms with E-state index in [1.165, 1.54) is 0 Å². The molecular weight excluding hydrogens is 307 g/mol. The van der Waals surface area contributed by atoms with Crippen molar-refractivity contribution in [3.63, 3.8) is 0 Å². The SMILES string of the molecule is CC(NCCOC(N)=O)c1ccc(Br)cc1Cl. The summed E-state index contributed by atoms with van der Waals surface area (Å²) in [5.74, 6) is 0. The minimum absolute atomic E-state index is 0.0760. The molecule has 94 valence electrons. The van der Waals surface area contributed by atoms with E-state index >= 15 is 0 Å². The van der Waals surface area contributed by atoms with E-state index in [1.807, 2.05) is 25.1 Å². The molecule has 0 saturated carbocycles. The van der Waals surface area contributed by atoms with Crippen LogP contribution in [0.5, 0.6) is 0 Å². The van der Waals surface area contributed by atoms with Crippen LogP contribution in [0.25, 0.3) is 0 Å². The maximum absolute atomic E-state index is 10.4. The fourth-order valence-electron chi connectivity index (χ4n) is 1.39. The standard InChI is InChI=1S/C11H14BrClN2O2/c1-7(15-4-5-17-11(14)16)9-3-2-8(12)6-10(9)13/h2-3,6-7,15H,4-5H2,1H3,(H2,14,16). The summed E-state index contributed by atoms with van der Waals surface area (Å²) in [7, 11) is 0. The van der Waals surface area contributed by atoms with Crippen LogP contribution in [0.15, 0.2) is 22.7 Å². The summed E-state index contributed by atoms with van der Waals surface area (Å²) in [6, 6.07) is 5.79. The lowest BCUT2D eigenvalue weighted by Crippen LogP contribution is -2.26. The summed E-state index contributed by atoms with van der Waals surface area (Å²) in [6.07, 6.45) is -0.763. The van der Waals surface area contributed by atoms with Gasteiger partial charge in [-0.25, -0.2) is 4.79 Å². The van der Waals surface area contributed by atoms with Crippen molar-refractivity contribution < 1.29 is 9.53 Å². The third kappa shape index (κ3) is 4.93. The van der Waals surface area contributed by atoms with Crippen LogP contribution in [0.3, 0.4) is 0 Å². The fourth-order valence-corrected chi connectivity index (χ4v) is 2.23. The van der Waals surface area contributed by atoms with Crippen molar-refractivity contribution >= 4 is 33.6 Å². The number of ether oxygens (including phenoxy) is 1. The number of rotatable bonds is 5. The van der Waals surface area contributed by atoms with Gasteiger partial charge in [0.1, 0.15) is 6.61 Å². The van der Waals surface area contributed by atoms with Crippen LogP contribution in [0.1, 0.15) is 18.5 Å². The number of carbonyl (C=O) groups excluding carboxylic acids is 1. The first-order valence-electron chi connectivity index (χ1n) is 5.11. The van der Waals surface area contributed by atoms with Crippen LogP contribution in [-0.4, -0.2) is 19.2 Å². The number of halogens is 2. The Morgan fingerprint density at radius 1 is 1.65 bits per heavy atom. The van der Waals surface area contributed by atoms with Gasteiger partial charge in [-0.15, -0.1) is 0 Å². The monoisotopic (exact) mass is 320 g/mol. The minimum Gasteiger partial charge on any atom is -0.448 e. The summed E-state index contributed by atoms with van der Waals surface area (Å²) < 4.78 is 5.55. The molecule has 17 heavy (non-hydrogen) atoms. The molecule has 3 N–H and O–H groups in total. The van der Waals surface area contributed by atoms with Gasteiger partial charge in [-0.2, -0.15) is 0 Å². The highest BCUT2D eigenvalue weighted by atomic mass is 79.9. The molecule has 0 radical (unpaired) electrons. The molecule has 1 aromatic rings. The fraction of sp³-hybridized carbons (Fsp3) is 0.364.